The topological polar surface area (TPSA) is 79.0 Å². The van der Waals surface area contributed by atoms with Crippen molar-refractivity contribution in [3.63, 3.8) is 0 Å². The molecule has 0 aromatic heterocycles. The van der Waals surface area contributed by atoms with Crippen molar-refractivity contribution in [1.82, 2.24) is 5.32 Å². The van der Waals surface area contributed by atoms with Crippen molar-refractivity contribution >= 4 is 40.9 Å². The Morgan fingerprint density at radius 2 is 1.86 bits per heavy atom. The summed E-state index contributed by atoms with van der Waals surface area (Å²) in [6.07, 6.45) is -0.199. The molecule has 150 valence electrons. The van der Waals surface area contributed by atoms with Crippen molar-refractivity contribution in [2.45, 2.75) is 13.0 Å². The Bertz CT molecular complexity index is 964. The maximum absolute atomic E-state index is 12.6. The van der Waals surface area contributed by atoms with Gasteiger partial charge in [0.1, 0.15) is 6.61 Å². The Labute approximate surface area is 173 Å². The smallest absolute Gasteiger partial charge is 0.414 e. The van der Waals surface area contributed by atoms with Crippen LogP contribution in [0.1, 0.15) is 12.0 Å². The minimum Gasteiger partial charge on any atom is -0.447 e. The standard InChI is InChI=1S/C21H20ClN3O4/c22-16-4-2-6-18(11-16)25-13-15(10-19(25)26)20(27)23-12-14-3-1-5-17(9-14)24-7-8-29-21(24)28/h1-6,9,11,15H,7-8,10,12-13H2,(H,23,27). The van der Waals surface area contributed by atoms with Gasteiger partial charge in [-0.15, -0.1) is 0 Å². The van der Waals surface area contributed by atoms with E-state index in [-0.39, 0.29) is 24.3 Å². The van der Waals surface area contributed by atoms with Gasteiger partial charge in [0.05, 0.1) is 12.5 Å². The lowest BCUT2D eigenvalue weighted by atomic mass is 10.1. The van der Waals surface area contributed by atoms with Crippen LogP contribution in [-0.4, -0.2) is 37.6 Å². The molecule has 0 aliphatic carbocycles. The fourth-order valence-electron chi connectivity index (χ4n) is 3.57. The van der Waals surface area contributed by atoms with Crippen LogP contribution in [0, 0.1) is 5.92 Å². The van der Waals surface area contributed by atoms with E-state index < -0.39 is 5.92 Å². The maximum atomic E-state index is 12.6. The van der Waals surface area contributed by atoms with Gasteiger partial charge in [-0.3, -0.25) is 14.5 Å². The molecule has 0 radical (unpaired) electrons. The van der Waals surface area contributed by atoms with E-state index >= 15 is 0 Å². The summed E-state index contributed by atoms with van der Waals surface area (Å²) in [5.74, 6) is -0.686. The summed E-state index contributed by atoms with van der Waals surface area (Å²) in [5.41, 5.74) is 2.30. The number of benzene rings is 2. The zero-order valence-electron chi connectivity index (χ0n) is 15.6. The van der Waals surface area contributed by atoms with Gasteiger partial charge in [-0.2, -0.15) is 0 Å². The number of hydrogen-bond donors (Lipinski definition) is 1. The van der Waals surface area contributed by atoms with Crippen molar-refractivity contribution in [3.05, 3.63) is 59.1 Å². The molecule has 2 saturated heterocycles. The van der Waals surface area contributed by atoms with E-state index in [1.165, 1.54) is 0 Å². The van der Waals surface area contributed by atoms with Crippen LogP contribution in [0.3, 0.4) is 0 Å². The van der Waals surface area contributed by atoms with E-state index in [1.807, 2.05) is 24.3 Å². The summed E-state index contributed by atoms with van der Waals surface area (Å²) in [6.45, 7) is 1.53. The van der Waals surface area contributed by atoms with Crippen molar-refractivity contribution in [2.24, 2.45) is 5.92 Å². The van der Waals surface area contributed by atoms with Crippen LogP contribution >= 0.6 is 11.6 Å². The number of cyclic esters (lactones) is 1. The highest BCUT2D eigenvalue weighted by Crippen LogP contribution is 2.27. The van der Waals surface area contributed by atoms with Gasteiger partial charge in [0, 0.05) is 35.9 Å². The molecular formula is C21H20ClN3O4. The zero-order chi connectivity index (χ0) is 20.4. The molecule has 29 heavy (non-hydrogen) atoms. The normalized spacial score (nSPS) is 18.9. The van der Waals surface area contributed by atoms with E-state index in [1.54, 1.807) is 34.1 Å². The Hall–Kier alpha value is -3.06. The average molecular weight is 414 g/mol. The predicted octanol–water partition coefficient (Wildman–Crippen LogP) is 2.97. The molecule has 2 aromatic carbocycles. The number of nitrogens with zero attached hydrogens (tertiary/aromatic N) is 2. The molecule has 0 spiro atoms. The summed E-state index contributed by atoms with van der Waals surface area (Å²) in [5, 5.41) is 3.44. The molecule has 1 unspecified atom stereocenters. The number of ether oxygens (including phenoxy) is 1. The Morgan fingerprint density at radius 1 is 1.10 bits per heavy atom. The fraction of sp³-hybridized carbons (Fsp3) is 0.286. The first-order chi connectivity index (χ1) is 14.0. The molecule has 2 heterocycles. The van der Waals surface area contributed by atoms with Crippen molar-refractivity contribution in [3.8, 4) is 0 Å². The van der Waals surface area contributed by atoms with Gasteiger partial charge in [-0.1, -0.05) is 29.8 Å². The molecule has 8 heteroatoms. The summed E-state index contributed by atoms with van der Waals surface area (Å²) in [7, 11) is 0. The quantitative estimate of drug-likeness (QED) is 0.817. The fourth-order valence-corrected chi connectivity index (χ4v) is 3.76. The largest absolute Gasteiger partial charge is 0.447 e. The number of hydrogen-bond acceptors (Lipinski definition) is 4. The molecule has 1 atom stereocenters. The van der Waals surface area contributed by atoms with Crippen LogP contribution in [0.5, 0.6) is 0 Å². The Morgan fingerprint density at radius 3 is 2.59 bits per heavy atom. The molecule has 2 fully saturated rings. The number of carbonyl (C=O) groups is 3. The number of amides is 3. The number of halogens is 1. The lowest BCUT2D eigenvalue weighted by Gasteiger charge is -2.17. The number of anilines is 2. The molecule has 4 rings (SSSR count). The van der Waals surface area contributed by atoms with E-state index in [0.29, 0.717) is 37.0 Å². The summed E-state index contributed by atoms with van der Waals surface area (Å²) >= 11 is 6.01. The highest BCUT2D eigenvalue weighted by Gasteiger charge is 2.35. The molecule has 2 aromatic rings. The Balaban J connectivity index is 1.37. The van der Waals surface area contributed by atoms with Gasteiger partial charge >= 0.3 is 6.09 Å². The first-order valence-corrected chi connectivity index (χ1v) is 9.76. The van der Waals surface area contributed by atoms with Crippen LogP contribution in [0.4, 0.5) is 16.2 Å². The van der Waals surface area contributed by atoms with E-state index in [4.69, 9.17) is 16.3 Å². The highest BCUT2D eigenvalue weighted by atomic mass is 35.5. The summed E-state index contributed by atoms with van der Waals surface area (Å²) < 4.78 is 4.96. The second kappa shape index (κ2) is 8.13. The number of rotatable bonds is 5. The van der Waals surface area contributed by atoms with Crippen LogP contribution in [0.25, 0.3) is 0 Å². The predicted molar refractivity (Wildman–Crippen MR) is 109 cm³/mol. The molecule has 7 nitrogen and oxygen atoms in total. The molecular weight excluding hydrogens is 394 g/mol. The average Bonchev–Trinajstić information content (AvgIpc) is 3.32. The van der Waals surface area contributed by atoms with Gasteiger partial charge in [-0.05, 0) is 35.9 Å². The van der Waals surface area contributed by atoms with Gasteiger partial charge in [0.25, 0.3) is 0 Å². The highest BCUT2D eigenvalue weighted by molar-refractivity contribution is 6.31. The van der Waals surface area contributed by atoms with Gasteiger partial charge in [-0.25, -0.2) is 4.79 Å². The van der Waals surface area contributed by atoms with Crippen LogP contribution in [-0.2, 0) is 20.9 Å². The third-order valence-corrected chi connectivity index (χ3v) is 5.30. The summed E-state index contributed by atoms with van der Waals surface area (Å²) in [6, 6.07) is 14.4. The van der Waals surface area contributed by atoms with Crippen LogP contribution in [0.2, 0.25) is 5.02 Å². The van der Waals surface area contributed by atoms with Crippen LogP contribution in [0.15, 0.2) is 48.5 Å². The first kappa shape index (κ1) is 19.3. The van der Waals surface area contributed by atoms with E-state index in [0.717, 1.165) is 11.3 Å². The second-order valence-electron chi connectivity index (χ2n) is 7.04. The van der Waals surface area contributed by atoms with E-state index in [2.05, 4.69) is 5.32 Å². The van der Waals surface area contributed by atoms with Gasteiger partial charge in [0.2, 0.25) is 11.8 Å². The molecule has 2 aliphatic rings. The first-order valence-electron chi connectivity index (χ1n) is 9.38. The molecule has 3 amide bonds. The van der Waals surface area contributed by atoms with Gasteiger partial charge < -0.3 is 15.0 Å². The third-order valence-electron chi connectivity index (χ3n) is 5.07. The minimum atomic E-state index is -0.418. The molecule has 2 aliphatic heterocycles. The lowest BCUT2D eigenvalue weighted by molar-refractivity contribution is -0.126. The number of carbonyl (C=O) groups excluding carboxylic acids is 3. The third kappa shape index (κ3) is 4.19. The molecule has 1 N–H and O–H groups in total. The monoisotopic (exact) mass is 413 g/mol. The maximum Gasteiger partial charge on any atom is 0.414 e. The summed E-state index contributed by atoms with van der Waals surface area (Å²) in [4.78, 5) is 39.8. The van der Waals surface area contributed by atoms with Crippen molar-refractivity contribution < 1.29 is 19.1 Å². The van der Waals surface area contributed by atoms with Gasteiger partial charge in [0.15, 0.2) is 0 Å². The van der Waals surface area contributed by atoms with Crippen LogP contribution < -0.4 is 15.1 Å². The van der Waals surface area contributed by atoms with Crippen molar-refractivity contribution in [1.29, 1.82) is 0 Å². The minimum absolute atomic E-state index is 0.0954. The van der Waals surface area contributed by atoms with Crippen molar-refractivity contribution in [2.75, 3.05) is 29.5 Å². The zero-order valence-corrected chi connectivity index (χ0v) is 16.4. The second-order valence-corrected chi connectivity index (χ2v) is 7.48. The molecule has 0 saturated carbocycles. The number of nitrogens with one attached hydrogen (secondary N) is 1. The Kier molecular flexibility index (Phi) is 5.40. The molecule has 0 bridgehead atoms. The SMILES string of the molecule is O=C(NCc1cccc(N2CCOC2=O)c1)C1CC(=O)N(c2cccc(Cl)c2)C1. The van der Waals surface area contributed by atoms with E-state index in [9.17, 15) is 14.4 Å². The lowest BCUT2D eigenvalue weighted by Crippen LogP contribution is -2.32.